The highest BCUT2D eigenvalue weighted by Gasteiger charge is 2.40. The van der Waals surface area contributed by atoms with Crippen molar-refractivity contribution in [1.29, 1.82) is 0 Å². The smallest absolute Gasteiger partial charge is 0.170 e. The van der Waals surface area contributed by atoms with Crippen LogP contribution in [0.25, 0.3) is 0 Å². The second-order valence-electron chi connectivity index (χ2n) is 4.23. The van der Waals surface area contributed by atoms with E-state index in [1.54, 1.807) is 0 Å². The molecule has 2 saturated heterocycles. The van der Waals surface area contributed by atoms with Gasteiger partial charge < -0.3 is 15.2 Å². The Bertz CT molecular complexity index is 183. The van der Waals surface area contributed by atoms with Crippen molar-refractivity contribution in [3.05, 3.63) is 0 Å². The lowest BCUT2D eigenvalue weighted by atomic mass is 10.0. The van der Waals surface area contributed by atoms with Gasteiger partial charge in [-0.25, -0.2) is 0 Å². The van der Waals surface area contributed by atoms with Crippen molar-refractivity contribution in [2.75, 3.05) is 32.8 Å². The minimum absolute atomic E-state index is 0.245. The normalized spacial score (nSPS) is 29.6. The first-order valence-corrected chi connectivity index (χ1v) is 5.48. The molecule has 2 fully saturated rings. The van der Waals surface area contributed by atoms with Crippen molar-refractivity contribution in [2.24, 2.45) is 5.73 Å². The molecule has 0 saturated carbocycles. The maximum absolute atomic E-state index is 5.66. The molecule has 0 aromatic carbocycles. The van der Waals surface area contributed by atoms with Crippen LogP contribution < -0.4 is 5.73 Å². The van der Waals surface area contributed by atoms with Crippen LogP contribution in [0.4, 0.5) is 0 Å². The molecule has 0 aromatic rings. The monoisotopic (exact) mass is 200 g/mol. The molecule has 2 N–H and O–H groups in total. The molecule has 2 heterocycles. The molecule has 4 nitrogen and oxygen atoms in total. The predicted octanol–water partition coefficient (Wildman–Crippen LogP) is 0.173. The Labute approximate surface area is 85.3 Å². The van der Waals surface area contributed by atoms with Crippen molar-refractivity contribution in [3.8, 4) is 0 Å². The van der Waals surface area contributed by atoms with Gasteiger partial charge in [0.05, 0.1) is 13.2 Å². The van der Waals surface area contributed by atoms with Crippen molar-refractivity contribution in [1.82, 2.24) is 4.90 Å². The van der Waals surface area contributed by atoms with Gasteiger partial charge in [-0.3, -0.25) is 4.90 Å². The summed E-state index contributed by atoms with van der Waals surface area (Å²) in [7, 11) is 0. The molecule has 1 atom stereocenters. The van der Waals surface area contributed by atoms with Crippen LogP contribution in [-0.2, 0) is 9.47 Å². The summed E-state index contributed by atoms with van der Waals surface area (Å²) in [5, 5.41) is 0. The van der Waals surface area contributed by atoms with Crippen LogP contribution >= 0.6 is 0 Å². The summed E-state index contributed by atoms with van der Waals surface area (Å²) in [4.78, 5) is 2.41. The number of rotatable bonds is 2. The zero-order chi connectivity index (χ0) is 10.0. The molecule has 2 aliphatic rings. The van der Waals surface area contributed by atoms with Crippen molar-refractivity contribution >= 4 is 0 Å². The van der Waals surface area contributed by atoms with Gasteiger partial charge in [0.1, 0.15) is 0 Å². The lowest BCUT2D eigenvalue weighted by Crippen LogP contribution is -2.49. The van der Waals surface area contributed by atoms with Crippen LogP contribution in [0.2, 0.25) is 0 Å². The summed E-state index contributed by atoms with van der Waals surface area (Å²) >= 11 is 0. The summed E-state index contributed by atoms with van der Waals surface area (Å²) in [6.07, 6.45) is 1.97. The SMILES string of the molecule is CC(CN)N1CCC2(CC1)OCCO2. The van der Waals surface area contributed by atoms with E-state index >= 15 is 0 Å². The Balaban J connectivity index is 1.85. The molecule has 82 valence electrons. The molecular weight excluding hydrogens is 180 g/mol. The summed E-state index contributed by atoms with van der Waals surface area (Å²) in [6.45, 7) is 6.50. The molecule has 1 unspecified atom stereocenters. The highest BCUT2D eigenvalue weighted by Crippen LogP contribution is 2.31. The second-order valence-corrected chi connectivity index (χ2v) is 4.23. The largest absolute Gasteiger partial charge is 0.347 e. The summed E-state index contributed by atoms with van der Waals surface area (Å²) in [5.41, 5.74) is 5.64. The predicted molar refractivity (Wildman–Crippen MR) is 54.0 cm³/mol. The lowest BCUT2D eigenvalue weighted by Gasteiger charge is -2.39. The Kier molecular flexibility index (Phi) is 3.07. The van der Waals surface area contributed by atoms with Crippen LogP contribution in [0.15, 0.2) is 0 Å². The van der Waals surface area contributed by atoms with Gasteiger partial charge in [0.25, 0.3) is 0 Å². The van der Waals surface area contributed by atoms with Crippen molar-refractivity contribution in [2.45, 2.75) is 31.6 Å². The van der Waals surface area contributed by atoms with Gasteiger partial charge >= 0.3 is 0 Å². The summed E-state index contributed by atoms with van der Waals surface area (Å²) < 4.78 is 11.3. The van der Waals surface area contributed by atoms with Gasteiger partial charge in [-0.15, -0.1) is 0 Å². The molecule has 1 spiro atoms. The fourth-order valence-electron chi connectivity index (χ4n) is 2.24. The van der Waals surface area contributed by atoms with Crippen LogP contribution in [-0.4, -0.2) is 49.6 Å². The summed E-state index contributed by atoms with van der Waals surface area (Å²) in [6, 6.07) is 0.480. The number of hydrogen-bond donors (Lipinski definition) is 1. The first-order valence-electron chi connectivity index (χ1n) is 5.48. The van der Waals surface area contributed by atoms with E-state index in [4.69, 9.17) is 15.2 Å². The third kappa shape index (κ3) is 1.93. The lowest BCUT2D eigenvalue weighted by molar-refractivity contribution is -0.187. The van der Waals surface area contributed by atoms with Gasteiger partial charge in [0, 0.05) is 38.5 Å². The third-order valence-electron chi connectivity index (χ3n) is 3.34. The third-order valence-corrected chi connectivity index (χ3v) is 3.34. The van der Waals surface area contributed by atoms with E-state index in [9.17, 15) is 0 Å². The van der Waals surface area contributed by atoms with Crippen molar-refractivity contribution < 1.29 is 9.47 Å². The molecule has 2 rings (SSSR count). The molecule has 0 amide bonds. The van der Waals surface area contributed by atoms with E-state index in [1.165, 1.54) is 0 Å². The molecule has 4 heteroatoms. The van der Waals surface area contributed by atoms with Crippen LogP contribution in [0.3, 0.4) is 0 Å². The molecule has 2 aliphatic heterocycles. The number of nitrogens with two attached hydrogens (primary N) is 1. The van der Waals surface area contributed by atoms with Gasteiger partial charge in [-0.1, -0.05) is 0 Å². The zero-order valence-corrected chi connectivity index (χ0v) is 8.87. The number of piperidine rings is 1. The Hall–Kier alpha value is -0.160. The van der Waals surface area contributed by atoms with Crippen LogP contribution in [0.5, 0.6) is 0 Å². The van der Waals surface area contributed by atoms with Gasteiger partial charge in [0.2, 0.25) is 0 Å². The first-order chi connectivity index (χ1) is 6.76. The highest BCUT2D eigenvalue weighted by atomic mass is 16.7. The van der Waals surface area contributed by atoms with Crippen molar-refractivity contribution in [3.63, 3.8) is 0 Å². The molecule has 14 heavy (non-hydrogen) atoms. The van der Waals surface area contributed by atoms with Gasteiger partial charge in [-0.05, 0) is 6.92 Å². The molecular formula is C10H20N2O2. The Morgan fingerprint density at radius 2 is 1.86 bits per heavy atom. The quantitative estimate of drug-likeness (QED) is 0.690. The number of likely N-dealkylation sites (tertiary alicyclic amines) is 1. The fourth-order valence-corrected chi connectivity index (χ4v) is 2.24. The van der Waals surface area contributed by atoms with Gasteiger partial charge in [0.15, 0.2) is 5.79 Å². The molecule has 0 aliphatic carbocycles. The zero-order valence-electron chi connectivity index (χ0n) is 8.87. The maximum Gasteiger partial charge on any atom is 0.170 e. The average Bonchev–Trinajstić information content (AvgIpc) is 2.67. The Morgan fingerprint density at radius 1 is 1.29 bits per heavy atom. The standard InChI is InChI=1S/C10H20N2O2/c1-9(8-11)12-4-2-10(3-5-12)13-6-7-14-10/h9H,2-8,11H2,1H3. The van der Waals surface area contributed by atoms with Crippen LogP contribution in [0.1, 0.15) is 19.8 Å². The number of nitrogens with zero attached hydrogens (tertiary/aromatic N) is 1. The van der Waals surface area contributed by atoms with Crippen LogP contribution in [0, 0.1) is 0 Å². The number of hydrogen-bond acceptors (Lipinski definition) is 4. The van der Waals surface area contributed by atoms with E-state index < -0.39 is 0 Å². The van der Waals surface area contributed by atoms with E-state index in [0.717, 1.165) is 45.7 Å². The number of ether oxygens (including phenoxy) is 2. The molecule has 0 bridgehead atoms. The molecule has 0 radical (unpaired) electrons. The van der Waals surface area contributed by atoms with E-state index in [2.05, 4.69) is 11.8 Å². The summed E-state index contributed by atoms with van der Waals surface area (Å²) in [5.74, 6) is -0.245. The van der Waals surface area contributed by atoms with Gasteiger partial charge in [-0.2, -0.15) is 0 Å². The maximum atomic E-state index is 5.66. The highest BCUT2D eigenvalue weighted by molar-refractivity contribution is 4.84. The van der Waals surface area contributed by atoms with E-state index in [-0.39, 0.29) is 5.79 Å². The minimum Gasteiger partial charge on any atom is -0.347 e. The average molecular weight is 200 g/mol. The minimum atomic E-state index is -0.245. The fraction of sp³-hybridized carbons (Fsp3) is 1.00. The first kappa shape index (κ1) is 10.4. The topological polar surface area (TPSA) is 47.7 Å². The van der Waals surface area contributed by atoms with E-state index in [1.807, 2.05) is 0 Å². The molecule has 0 aromatic heterocycles. The second kappa shape index (κ2) is 4.14. The Morgan fingerprint density at radius 3 is 2.36 bits per heavy atom. The van der Waals surface area contributed by atoms with E-state index in [0.29, 0.717) is 6.04 Å².